The first-order valence-electron chi connectivity index (χ1n) is 7.67. The number of hydrogen-bond acceptors (Lipinski definition) is 3. The fraction of sp³-hybridized carbons (Fsp3) is 0.105. The molecule has 1 aromatic heterocycles. The predicted octanol–water partition coefficient (Wildman–Crippen LogP) is 4.19. The molecule has 0 radical (unpaired) electrons. The van der Waals surface area contributed by atoms with E-state index in [2.05, 4.69) is 5.32 Å². The standard InChI is InChI=1S/C19H15FN2O2/c20-16-9-3-1-7-14(16)18-21-17-10-4-2-8-15(17)19(23)22(18)12-13-6-5-11-24-13/h1-11,18,21H,12H2/t18-/m1/s1. The van der Waals surface area contributed by atoms with Crippen LogP contribution in [0.25, 0.3) is 0 Å². The molecule has 0 aliphatic carbocycles. The first kappa shape index (κ1) is 14.5. The maximum Gasteiger partial charge on any atom is 0.258 e. The van der Waals surface area contributed by atoms with E-state index < -0.39 is 6.17 Å². The van der Waals surface area contributed by atoms with Gasteiger partial charge >= 0.3 is 0 Å². The van der Waals surface area contributed by atoms with Crippen LogP contribution in [0.15, 0.2) is 71.3 Å². The Bertz CT molecular complexity index is 877. The van der Waals surface area contributed by atoms with Crippen molar-refractivity contribution in [3.63, 3.8) is 0 Å². The van der Waals surface area contributed by atoms with E-state index in [-0.39, 0.29) is 18.3 Å². The van der Waals surface area contributed by atoms with Gasteiger partial charge in [0, 0.05) is 11.3 Å². The zero-order valence-corrected chi connectivity index (χ0v) is 12.8. The highest BCUT2D eigenvalue weighted by molar-refractivity contribution is 6.01. The number of furan rings is 1. The Hall–Kier alpha value is -3.08. The molecule has 0 saturated heterocycles. The fourth-order valence-electron chi connectivity index (χ4n) is 2.97. The van der Waals surface area contributed by atoms with E-state index in [0.29, 0.717) is 22.6 Å². The van der Waals surface area contributed by atoms with Gasteiger partial charge in [-0.05, 0) is 30.3 Å². The SMILES string of the molecule is O=C1c2ccccc2N[C@@H](c2ccccc2F)N1Cc1ccco1. The molecule has 0 unspecified atom stereocenters. The maximum atomic E-state index is 14.3. The lowest BCUT2D eigenvalue weighted by atomic mass is 10.0. The second-order valence-corrected chi connectivity index (χ2v) is 5.63. The van der Waals surface area contributed by atoms with Crippen molar-refractivity contribution in [1.29, 1.82) is 0 Å². The van der Waals surface area contributed by atoms with E-state index in [1.807, 2.05) is 18.2 Å². The lowest BCUT2D eigenvalue weighted by Gasteiger charge is -2.37. The van der Waals surface area contributed by atoms with Crippen LogP contribution in [0, 0.1) is 5.82 Å². The number of benzene rings is 2. The largest absolute Gasteiger partial charge is 0.467 e. The number of anilines is 1. The van der Waals surface area contributed by atoms with Crippen molar-refractivity contribution < 1.29 is 13.6 Å². The van der Waals surface area contributed by atoms with Gasteiger partial charge in [0.25, 0.3) is 5.91 Å². The van der Waals surface area contributed by atoms with Crippen LogP contribution in [0.5, 0.6) is 0 Å². The molecule has 0 fully saturated rings. The van der Waals surface area contributed by atoms with Crippen LogP contribution in [0.2, 0.25) is 0 Å². The highest BCUT2D eigenvalue weighted by Crippen LogP contribution is 2.34. The van der Waals surface area contributed by atoms with Crippen molar-refractivity contribution in [2.24, 2.45) is 0 Å². The molecule has 24 heavy (non-hydrogen) atoms. The van der Waals surface area contributed by atoms with Gasteiger partial charge < -0.3 is 14.6 Å². The Balaban J connectivity index is 1.79. The molecule has 4 nitrogen and oxygen atoms in total. The molecule has 0 saturated carbocycles. The molecule has 0 spiro atoms. The second-order valence-electron chi connectivity index (χ2n) is 5.63. The third-order valence-electron chi connectivity index (χ3n) is 4.13. The Morgan fingerprint density at radius 3 is 2.62 bits per heavy atom. The van der Waals surface area contributed by atoms with Crippen molar-refractivity contribution in [2.75, 3.05) is 5.32 Å². The molecule has 5 heteroatoms. The number of para-hydroxylation sites is 1. The van der Waals surface area contributed by atoms with Gasteiger partial charge in [0.1, 0.15) is 17.7 Å². The lowest BCUT2D eigenvalue weighted by molar-refractivity contribution is 0.0648. The zero-order chi connectivity index (χ0) is 16.5. The van der Waals surface area contributed by atoms with E-state index in [1.54, 1.807) is 47.6 Å². The van der Waals surface area contributed by atoms with Crippen LogP contribution in [0.1, 0.15) is 27.8 Å². The monoisotopic (exact) mass is 322 g/mol. The first-order valence-corrected chi connectivity index (χ1v) is 7.67. The van der Waals surface area contributed by atoms with E-state index >= 15 is 0 Å². The van der Waals surface area contributed by atoms with Crippen LogP contribution in [0.4, 0.5) is 10.1 Å². The summed E-state index contributed by atoms with van der Waals surface area (Å²) in [7, 11) is 0. The van der Waals surface area contributed by atoms with Crippen LogP contribution in [-0.4, -0.2) is 10.8 Å². The van der Waals surface area contributed by atoms with Gasteiger partial charge in [-0.3, -0.25) is 4.79 Å². The lowest BCUT2D eigenvalue weighted by Crippen LogP contribution is -2.42. The average Bonchev–Trinajstić information content (AvgIpc) is 3.11. The van der Waals surface area contributed by atoms with Crippen molar-refractivity contribution in [3.8, 4) is 0 Å². The molecule has 1 N–H and O–H groups in total. The number of nitrogens with one attached hydrogen (secondary N) is 1. The molecule has 1 aliphatic rings. The highest BCUT2D eigenvalue weighted by Gasteiger charge is 2.34. The van der Waals surface area contributed by atoms with Crippen LogP contribution >= 0.6 is 0 Å². The Morgan fingerprint density at radius 1 is 1.04 bits per heavy atom. The normalized spacial score (nSPS) is 16.6. The predicted molar refractivity (Wildman–Crippen MR) is 87.8 cm³/mol. The number of halogens is 1. The van der Waals surface area contributed by atoms with Gasteiger partial charge in [0.05, 0.1) is 18.4 Å². The third-order valence-corrected chi connectivity index (χ3v) is 4.13. The summed E-state index contributed by atoms with van der Waals surface area (Å²) in [5.41, 5.74) is 1.69. The van der Waals surface area contributed by atoms with Crippen LogP contribution < -0.4 is 5.32 Å². The summed E-state index contributed by atoms with van der Waals surface area (Å²) < 4.78 is 19.7. The van der Waals surface area contributed by atoms with Crippen molar-refractivity contribution in [3.05, 3.63) is 89.6 Å². The Kier molecular flexibility index (Phi) is 3.54. The van der Waals surface area contributed by atoms with Gasteiger partial charge in [0.2, 0.25) is 0 Å². The van der Waals surface area contributed by atoms with Crippen LogP contribution in [0.3, 0.4) is 0 Å². The van der Waals surface area contributed by atoms with Gasteiger partial charge in [-0.2, -0.15) is 0 Å². The second kappa shape index (κ2) is 5.85. The van der Waals surface area contributed by atoms with E-state index in [9.17, 15) is 9.18 Å². The number of amides is 1. The summed E-state index contributed by atoms with van der Waals surface area (Å²) in [5, 5.41) is 3.27. The zero-order valence-electron chi connectivity index (χ0n) is 12.8. The minimum atomic E-state index is -0.598. The number of nitrogens with zero attached hydrogens (tertiary/aromatic N) is 1. The number of carbonyl (C=O) groups excluding carboxylic acids is 1. The van der Waals surface area contributed by atoms with Crippen molar-refractivity contribution >= 4 is 11.6 Å². The summed E-state index contributed by atoms with van der Waals surface area (Å²) in [6.07, 6.45) is 0.960. The molecule has 1 aliphatic heterocycles. The Labute approximate surface area is 138 Å². The summed E-state index contributed by atoms with van der Waals surface area (Å²) >= 11 is 0. The van der Waals surface area contributed by atoms with E-state index in [4.69, 9.17) is 4.42 Å². The molecular formula is C19H15FN2O2. The summed E-state index contributed by atoms with van der Waals surface area (Å²) in [5.74, 6) is 0.131. The first-order chi connectivity index (χ1) is 11.7. The van der Waals surface area contributed by atoms with Gasteiger partial charge in [-0.25, -0.2) is 4.39 Å². The summed E-state index contributed by atoms with van der Waals surface area (Å²) in [4.78, 5) is 14.5. The molecular weight excluding hydrogens is 307 g/mol. The number of carbonyl (C=O) groups is 1. The van der Waals surface area contributed by atoms with Gasteiger partial charge in [-0.1, -0.05) is 30.3 Å². The molecule has 0 bridgehead atoms. The number of hydrogen-bond donors (Lipinski definition) is 1. The molecule has 120 valence electrons. The quantitative estimate of drug-likeness (QED) is 0.786. The number of rotatable bonds is 3. The maximum absolute atomic E-state index is 14.3. The van der Waals surface area contributed by atoms with E-state index in [0.717, 1.165) is 0 Å². The van der Waals surface area contributed by atoms with Gasteiger partial charge in [-0.15, -0.1) is 0 Å². The van der Waals surface area contributed by atoms with Crippen molar-refractivity contribution in [2.45, 2.75) is 12.7 Å². The molecule has 1 atom stereocenters. The van der Waals surface area contributed by atoms with E-state index in [1.165, 1.54) is 6.07 Å². The minimum absolute atomic E-state index is 0.158. The third kappa shape index (κ3) is 2.44. The average molecular weight is 322 g/mol. The molecule has 4 rings (SSSR count). The molecule has 1 amide bonds. The molecule has 2 heterocycles. The summed E-state index contributed by atoms with van der Waals surface area (Å²) in [6.45, 7) is 0.256. The smallest absolute Gasteiger partial charge is 0.258 e. The highest BCUT2D eigenvalue weighted by atomic mass is 19.1. The topological polar surface area (TPSA) is 45.5 Å². The summed E-state index contributed by atoms with van der Waals surface area (Å²) in [6, 6.07) is 17.3. The van der Waals surface area contributed by atoms with Gasteiger partial charge in [0.15, 0.2) is 0 Å². The number of fused-ring (bicyclic) bond motifs is 1. The van der Waals surface area contributed by atoms with Crippen LogP contribution in [-0.2, 0) is 6.54 Å². The fourth-order valence-corrected chi connectivity index (χ4v) is 2.97. The Morgan fingerprint density at radius 2 is 1.83 bits per heavy atom. The van der Waals surface area contributed by atoms with Crippen molar-refractivity contribution in [1.82, 2.24) is 4.90 Å². The molecule has 3 aromatic rings. The molecule has 2 aromatic carbocycles. The minimum Gasteiger partial charge on any atom is -0.467 e.